The van der Waals surface area contributed by atoms with Crippen molar-refractivity contribution in [3.8, 4) is 10.6 Å². The molecule has 26 heavy (non-hydrogen) atoms. The summed E-state index contributed by atoms with van der Waals surface area (Å²) in [5, 5.41) is 3.48. The molecule has 4 aromatic rings. The monoisotopic (exact) mass is 379 g/mol. The van der Waals surface area contributed by atoms with E-state index in [1.54, 1.807) is 35.9 Å². The summed E-state index contributed by atoms with van der Waals surface area (Å²) in [6.07, 6.45) is 4.98. The number of fused-ring (bicyclic) bond motifs is 2. The SMILES string of the molecule is O=C1NC(=O)/C(=C\c2cc3cncc(-c4nc5ccccc5s4)c3o2)S1. The number of nitrogens with zero attached hydrogens (tertiary/aromatic N) is 2. The van der Waals surface area contributed by atoms with Crippen molar-refractivity contribution in [1.82, 2.24) is 15.3 Å². The van der Waals surface area contributed by atoms with Crippen molar-refractivity contribution in [2.75, 3.05) is 0 Å². The molecule has 0 atom stereocenters. The molecule has 0 bridgehead atoms. The second-order valence-corrected chi connectivity index (χ2v) is 7.64. The summed E-state index contributed by atoms with van der Waals surface area (Å²) in [5.41, 5.74) is 2.38. The Morgan fingerprint density at radius 1 is 1.15 bits per heavy atom. The molecular formula is C18H9N3O3S2. The lowest BCUT2D eigenvalue weighted by atomic mass is 10.2. The Hall–Kier alpha value is -2.97. The predicted octanol–water partition coefficient (Wildman–Crippen LogP) is 4.43. The van der Waals surface area contributed by atoms with Gasteiger partial charge in [0.25, 0.3) is 11.1 Å². The molecule has 5 rings (SSSR count). The Kier molecular flexibility index (Phi) is 3.41. The summed E-state index contributed by atoms with van der Waals surface area (Å²) >= 11 is 2.43. The van der Waals surface area contributed by atoms with E-state index in [0.29, 0.717) is 16.2 Å². The van der Waals surface area contributed by atoms with Gasteiger partial charge in [0.15, 0.2) is 0 Å². The van der Waals surface area contributed by atoms with E-state index in [0.717, 1.165) is 37.9 Å². The number of para-hydroxylation sites is 1. The number of amides is 2. The van der Waals surface area contributed by atoms with Crippen LogP contribution in [0.2, 0.25) is 0 Å². The summed E-state index contributed by atoms with van der Waals surface area (Å²) in [6.45, 7) is 0. The molecule has 2 amide bonds. The number of furan rings is 1. The molecule has 0 radical (unpaired) electrons. The van der Waals surface area contributed by atoms with E-state index in [9.17, 15) is 9.59 Å². The van der Waals surface area contributed by atoms with Gasteiger partial charge in [-0.05, 0) is 30.0 Å². The van der Waals surface area contributed by atoms with Crippen LogP contribution in [0.25, 0.3) is 37.8 Å². The number of thioether (sulfide) groups is 1. The van der Waals surface area contributed by atoms with Crippen LogP contribution < -0.4 is 5.32 Å². The predicted molar refractivity (Wildman–Crippen MR) is 102 cm³/mol. The number of pyridine rings is 1. The van der Waals surface area contributed by atoms with Gasteiger partial charge in [0.2, 0.25) is 0 Å². The Morgan fingerprint density at radius 3 is 2.85 bits per heavy atom. The zero-order valence-electron chi connectivity index (χ0n) is 13.1. The third kappa shape index (κ3) is 2.51. The molecule has 1 fully saturated rings. The molecule has 126 valence electrons. The summed E-state index contributed by atoms with van der Waals surface area (Å²) in [7, 11) is 0. The molecular weight excluding hydrogens is 370 g/mol. The first-order valence-corrected chi connectivity index (χ1v) is 9.29. The minimum atomic E-state index is -0.412. The average Bonchev–Trinajstić information content (AvgIpc) is 3.31. The highest BCUT2D eigenvalue weighted by molar-refractivity contribution is 8.18. The van der Waals surface area contributed by atoms with Gasteiger partial charge in [-0.2, -0.15) is 0 Å². The van der Waals surface area contributed by atoms with Crippen LogP contribution in [0.3, 0.4) is 0 Å². The van der Waals surface area contributed by atoms with Crippen molar-refractivity contribution in [1.29, 1.82) is 0 Å². The van der Waals surface area contributed by atoms with Crippen LogP contribution in [-0.2, 0) is 4.79 Å². The van der Waals surface area contributed by atoms with Crippen molar-refractivity contribution in [2.24, 2.45) is 0 Å². The Balaban J connectivity index is 1.63. The topological polar surface area (TPSA) is 85.1 Å². The first-order valence-electron chi connectivity index (χ1n) is 7.66. The van der Waals surface area contributed by atoms with E-state index < -0.39 is 5.91 Å². The number of thiazole rings is 1. The second kappa shape index (κ2) is 5.79. The molecule has 1 aromatic carbocycles. The van der Waals surface area contributed by atoms with Crippen molar-refractivity contribution in [3.63, 3.8) is 0 Å². The number of rotatable bonds is 2. The maximum Gasteiger partial charge on any atom is 0.290 e. The number of benzene rings is 1. The summed E-state index contributed by atoms with van der Waals surface area (Å²) < 4.78 is 7.03. The number of carbonyl (C=O) groups is 2. The van der Waals surface area contributed by atoms with Gasteiger partial charge in [0, 0.05) is 23.9 Å². The molecule has 0 unspecified atom stereocenters. The molecule has 0 aliphatic carbocycles. The van der Waals surface area contributed by atoms with Gasteiger partial charge in [-0.3, -0.25) is 19.9 Å². The van der Waals surface area contributed by atoms with Gasteiger partial charge in [-0.15, -0.1) is 11.3 Å². The van der Waals surface area contributed by atoms with Crippen LogP contribution in [0, 0.1) is 0 Å². The smallest absolute Gasteiger partial charge is 0.290 e. The van der Waals surface area contributed by atoms with E-state index in [-0.39, 0.29) is 5.24 Å². The number of hydrogen-bond donors (Lipinski definition) is 1. The van der Waals surface area contributed by atoms with Crippen LogP contribution >= 0.6 is 23.1 Å². The van der Waals surface area contributed by atoms with Gasteiger partial charge < -0.3 is 4.42 Å². The summed E-state index contributed by atoms with van der Waals surface area (Å²) in [5.74, 6) is 0.0766. The third-order valence-corrected chi connectivity index (χ3v) is 5.76. The number of hydrogen-bond acceptors (Lipinski definition) is 7. The first kappa shape index (κ1) is 15.3. The van der Waals surface area contributed by atoms with Crippen LogP contribution in [0.1, 0.15) is 5.76 Å². The Labute approximate surface area is 154 Å². The van der Waals surface area contributed by atoms with Crippen molar-refractivity contribution < 1.29 is 14.0 Å². The molecule has 1 N–H and O–H groups in total. The van der Waals surface area contributed by atoms with E-state index in [1.807, 2.05) is 24.3 Å². The van der Waals surface area contributed by atoms with Gasteiger partial charge in [-0.25, -0.2) is 4.98 Å². The van der Waals surface area contributed by atoms with Crippen molar-refractivity contribution in [2.45, 2.75) is 0 Å². The zero-order chi connectivity index (χ0) is 17.7. The summed E-state index contributed by atoms with van der Waals surface area (Å²) in [6, 6.07) is 9.71. The lowest BCUT2D eigenvalue weighted by Gasteiger charge is -1.96. The third-order valence-electron chi connectivity index (χ3n) is 3.88. The molecule has 6 nitrogen and oxygen atoms in total. The highest BCUT2D eigenvalue weighted by Gasteiger charge is 2.25. The van der Waals surface area contributed by atoms with Crippen LogP contribution in [-0.4, -0.2) is 21.1 Å². The largest absolute Gasteiger partial charge is 0.456 e. The van der Waals surface area contributed by atoms with Gasteiger partial charge in [0.05, 0.1) is 20.7 Å². The molecule has 0 spiro atoms. The van der Waals surface area contributed by atoms with Gasteiger partial charge in [0.1, 0.15) is 16.4 Å². The van der Waals surface area contributed by atoms with Crippen molar-refractivity contribution >= 4 is 61.5 Å². The molecule has 1 aliphatic rings. The molecule has 1 saturated heterocycles. The zero-order valence-corrected chi connectivity index (χ0v) is 14.7. The number of carbonyl (C=O) groups excluding carboxylic acids is 2. The van der Waals surface area contributed by atoms with Crippen molar-refractivity contribution in [3.05, 3.63) is 53.4 Å². The van der Waals surface area contributed by atoms with Crippen LogP contribution in [0.4, 0.5) is 4.79 Å². The number of aromatic nitrogens is 2. The fourth-order valence-corrected chi connectivity index (χ4v) is 4.38. The molecule has 3 aromatic heterocycles. The molecule has 0 saturated carbocycles. The van der Waals surface area contributed by atoms with Gasteiger partial charge >= 0.3 is 0 Å². The minimum Gasteiger partial charge on any atom is -0.456 e. The second-order valence-electron chi connectivity index (χ2n) is 5.59. The first-order chi connectivity index (χ1) is 12.7. The van der Waals surface area contributed by atoms with E-state index in [2.05, 4.69) is 15.3 Å². The Morgan fingerprint density at radius 2 is 2.04 bits per heavy atom. The van der Waals surface area contributed by atoms with Gasteiger partial charge in [-0.1, -0.05) is 12.1 Å². The molecule has 8 heteroatoms. The molecule has 1 aliphatic heterocycles. The molecule has 4 heterocycles. The number of imide groups is 1. The summed E-state index contributed by atoms with van der Waals surface area (Å²) in [4.78, 5) is 32.2. The standard InChI is InChI=1S/C18H9N3O3S2/c22-16-14(26-18(23)21-16)6-10-5-9-7-19-8-11(15(9)24-10)17-20-12-3-1-2-4-13(12)25-17/h1-8H,(H,21,22,23)/b14-6+. The normalized spacial score (nSPS) is 16.1. The fraction of sp³-hybridized carbons (Fsp3) is 0. The van der Waals surface area contributed by atoms with E-state index in [1.165, 1.54) is 0 Å². The maximum atomic E-state index is 11.7. The Bertz CT molecular complexity index is 1210. The highest BCUT2D eigenvalue weighted by atomic mass is 32.2. The fourth-order valence-electron chi connectivity index (χ4n) is 2.74. The quantitative estimate of drug-likeness (QED) is 0.519. The lowest BCUT2D eigenvalue weighted by Crippen LogP contribution is -2.17. The van der Waals surface area contributed by atoms with Crippen LogP contribution in [0.5, 0.6) is 0 Å². The maximum absolute atomic E-state index is 11.7. The minimum absolute atomic E-state index is 0.309. The van der Waals surface area contributed by atoms with Crippen LogP contribution in [0.15, 0.2) is 52.0 Å². The highest BCUT2D eigenvalue weighted by Crippen LogP contribution is 2.36. The van der Waals surface area contributed by atoms with E-state index in [4.69, 9.17) is 4.42 Å². The van der Waals surface area contributed by atoms with E-state index >= 15 is 0 Å². The average molecular weight is 379 g/mol. The number of nitrogens with one attached hydrogen (secondary N) is 1. The lowest BCUT2D eigenvalue weighted by molar-refractivity contribution is -0.115.